The zero-order valence-electron chi connectivity index (χ0n) is 20.3. The molecular formula is C29H32N2O4. The molecule has 0 radical (unpaired) electrons. The summed E-state index contributed by atoms with van der Waals surface area (Å²) in [6.45, 7) is 4.83. The Labute approximate surface area is 207 Å². The van der Waals surface area contributed by atoms with E-state index in [0.29, 0.717) is 11.5 Å². The molecular weight excluding hydrogens is 440 g/mol. The highest BCUT2D eigenvalue weighted by Gasteiger charge is 2.43. The smallest absolute Gasteiger partial charge is 0.411 e. The van der Waals surface area contributed by atoms with E-state index in [0.717, 1.165) is 43.8 Å². The van der Waals surface area contributed by atoms with Gasteiger partial charge < -0.3 is 14.2 Å². The van der Waals surface area contributed by atoms with Gasteiger partial charge in [-0.2, -0.15) is 0 Å². The Bertz CT molecular complexity index is 1140. The predicted molar refractivity (Wildman–Crippen MR) is 135 cm³/mol. The fourth-order valence-corrected chi connectivity index (χ4v) is 5.20. The second-order valence-electron chi connectivity index (χ2n) is 9.27. The molecule has 2 unspecified atom stereocenters. The van der Waals surface area contributed by atoms with Crippen LogP contribution in [-0.2, 0) is 11.3 Å². The highest BCUT2D eigenvalue weighted by atomic mass is 16.6. The third kappa shape index (κ3) is 5.13. The molecule has 6 heteroatoms. The topological polar surface area (TPSA) is 51.2 Å². The summed E-state index contributed by atoms with van der Waals surface area (Å²) >= 11 is 0. The third-order valence-corrected chi connectivity index (χ3v) is 7.00. The Hall–Kier alpha value is -3.51. The van der Waals surface area contributed by atoms with E-state index in [-0.39, 0.29) is 24.3 Å². The number of amides is 1. The van der Waals surface area contributed by atoms with Crippen molar-refractivity contribution in [1.29, 1.82) is 0 Å². The van der Waals surface area contributed by atoms with E-state index in [1.54, 1.807) is 7.11 Å². The van der Waals surface area contributed by atoms with Gasteiger partial charge in [0.05, 0.1) is 13.2 Å². The number of likely N-dealkylation sites (tertiary alicyclic amines) is 1. The Morgan fingerprint density at radius 1 is 0.914 bits per heavy atom. The van der Waals surface area contributed by atoms with E-state index in [2.05, 4.69) is 24.0 Å². The standard InChI is InChI=1S/C29H32N2O4/c1-21-28(23-10-4-3-5-11-23)35-29(32)31(21)24-15-17-30(18-16-24)20-22-9-8-12-25(19-22)34-27-14-7-6-13-26(27)33-2/h3-14,19,21,24,28H,15-18,20H2,1-2H3. The zero-order chi connectivity index (χ0) is 24.2. The highest BCUT2D eigenvalue weighted by Crippen LogP contribution is 2.36. The molecule has 0 spiro atoms. The third-order valence-electron chi connectivity index (χ3n) is 7.00. The van der Waals surface area contributed by atoms with Gasteiger partial charge in [0.25, 0.3) is 0 Å². The normalized spacial score (nSPS) is 21.1. The lowest BCUT2D eigenvalue weighted by Crippen LogP contribution is -2.47. The van der Waals surface area contributed by atoms with Gasteiger partial charge in [0, 0.05) is 25.7 Å². The van der Waals surface area contributed by atoms with Crippen LogP contribution in [0.15, 0.2) is 78.9 Å². The summed E-state index contributed by atoms with van der Waals surface area (Å²) in [6.07, 6.45) is 1.50. The molecule has 2 heterocycles. The molecule has 35 heavy (non-hydrogen) atoms. The van der Waals surface area contributed by atoms with Gasteiger partial charge in [0.15, 0.2) is 11.5 Å². The van der Waals surface area contributed by atoms with Crippen molar-refractivity contribution < 1.29 is 19.0 Å². The van der Waals surface area contributed by atoms with Crippen LogP contribution in [-0.4, -0.2) is 48.2 Å². The van der Waals surface area contributed by atoms with Crippen molar-refractivity contribution in [2.24, 2.45) is 0 Å². The average molecular weight is 473 g/mol. The van der Waals surface area contributed by atoms with Gasteiger partial charge in [0.1, 0.15) is 11.9 Å². The molecule has 2 saturated heterocycles. The number of methoxy groups -OCH3 is 1. The molecule has 0 saturated carbocycles. The van der Waals surface area contributed by atoms with Crippen LogP contribution in [0.3, 0.4) is 0 Å². The fourth-order valence-electron chi connectivity index (χ4n) is 5.20. The van der Waals surface area contributed by atoms with E-state index in [1.165, 1.54) is 5.56 Å². The van der Waals surface area contributed by atoms with Crippen LogP contribution in [0.2, 0.25) is 0 Å². The van der Waals surface area contributed by atoms with Crippen molar-refractivity contribution in [3.63, 3.8) is 0 Å². The first-order valence-corrected chi connectivity index (χ1v) is 12.3. The molecule has 6 nitrogen and oxygen atoms in total. The molecule has 2 atom stereocenters. The summed E-state index contributed by atoms with van der Waals surface area (Å²) in [7, 11) is 1.65. The van der Waals surface area contributed by atoms with Crippen molar-refractivity contribution in [2.45, 2.75) is 44.5 Å². The molecule has 1 amide bonds. The van der Waals surface area contributed by atoms with Gasteiger partial charge in [-0.05, 0) is 55.2 Å². The summed E-state index contributed by atoms with van der Waals surface area (Å²) in [5.41, 5.74) is 2.26. The molecule has 2 aliphatic rings. The molecule has 0 bridgehead atoms. The number of piperidine rings is 1. The van der Waals surface area contributed by atoms with Crippen LogP contribution in [0.25, 0.3) is 0 Å². The number of rotatable bonds is 7. The number of nitrogens with zero attached hydrogens (tertiary/aromatic N) is 2. The quantitative estimate of drug-likeness (QED) is 0.420. The lowest BCUT2D eigenvalue weighted by Gasteiger charge is -2.37. The van der Waals surface area contributed by atoms with E-state index in [1.807, 2.05) is 71.6 Å². The molecule has 3 aromatic rings. The number of cyclic esters (lactones) is 1. The minimum atomic E-state index is -0.201. The van der Waals surface area contributed by atoms with Crippen LogP contribution >= 0.6 is 0 Å². The molecule has 0 aromatic heterocycles. The van der Waals surface area contributed by atoms with Crippen LogP contribution in [0.4, 0.5) is 4.79 Å². The maximum absolute atomic E-state index is 12.7. The first-order chi connectivity index (χ1) is 17.1. The highest BCUT2D eigenvalue weighted by molar-refractivity contribution is 5.71. The first-order valence-electron chi connectivity index (χ1n) is 12.3. The predicted octanol–water partition coefficient (Wildman–Crippen LogP) is 6.03. The van der Waals surface area contributed by atoms with Gasteiger partial charge >= 0.3 is 6.09 Å². The largest absolute Gasteiger partial charge is 0.493 e. The summed E-state index contributed by atoms with van der Waals surface area (Å²) < 4.78 is 17.3. The first kappa shape index (κ1) is 23.2. The Morgan fingerprint density at radius 3 is 2.37 bits per heavy atom. The van der Waals surface area contributed by atoms with Crippen molar-refractivity contribution >= 4 is 6.09 Å². The molecule has 182 valence electrons. The van der Waals surface area contributed by atoms with Crippen LogP contribution < -0.4 is 9.47 Å². The zero-order valence-corrected chi connectivity index (χ0v) is 20.3. The molecule has 3 aromatic carbocycles. The van der Waals surface area contributed by atoms with Crippen LogP contribution in [0.1, 0.15) is 37.0 Å². The minimum Gasteiger partial charge on any atom is -0.493 e. The van der Waals surface area contributed by atoms with E-state index in [9.17, 15) is 4.79 Å². The van der Waals surface area contributed by atoms with Gasteiger partial charge in [-0.25, -0.2) is 4.79 Å². The molecule has 2 aliphatic heterocycles. The lowest BCUT2D eigenvalue weighted by molar-refractivity contribution is 0.106. The molecule has 2 fully saturated rings. The van der Waals surface area contributed by atoms with Crippen molar-refractivity contribution in [3.05, 3.63) is 90.0 Å². The monoisotopic (exact) mass is 472 g/mol. The maximum atomic E-state index is 12.7. The summed E-state index contributed by atoms with van der Waals surface area (Å²) in [6, 6.07) is 26.1. The molecule has 0 N–H and O–H groups in total. The van der Waals surface area contributed by atoms with Crippen LogP contribution in [0, 0.1) is 0 Å². The second-order valence-corrected chi connectivity index (χ2v) is 9.27. The number of carbonyl (C=O) groups excluding carboxylic acids is 1. The van der Waals surface area contributed by atoms with Gasteiger partial charge in [-0.3, -0.25) is 9.80 Å². The molecule has 0 aliphatic carbocycles. The molecule has 5 rings (SSSR count). The number of carbonyl (C=O) groups is 1. The Balaban J connectivity index is 1.18. The summed E-state index contributed by atoms with van der Waals surface area (Å²) in [5, 5.41) is 0. The van der Waals surface area contributed by atoms with E-state index < -0.39 is 0 Å². The van der Waals surface area contributed by atoms with E-state index >= 15 is 0 Å². The van der Waals surface area contributed by atoms with Crippen LogP contribution in [0.5, 0.6) is 17.2 Å². The minimum absolute atomic E-state index is 0.0326. The van der Waals surface area contributed by atoms with Gasteiger partial charge in [-0.1, -0.05) is 54.6 Å². The number of ether oxygens (including phenoxy) is 3. The summed E-state index contributed by atoms with van der Waals surface area (Å²) in [5.74, 6) is 2.21. The second kappa shape index (κ2) is 10.4. The Kier molecular flexibility index (Phi) is 6.91. The van der Waals surface area contributed by atoms with E-state index in [4.69, 9.17) is 14.2 Å². The number of hydrogen-bond acceptors (Lipinski definition) is 5. The van der Waals surface area contributed by atoms with Crippen molar-refractivity contribution in [1.82, 2.24) is 9.80 Å². The fraction of sp³-hybridized carbons (Fsp3) is 0.345. The van der Waals surface area contributed by atoms with Crippen molar-refractivity contribution in [2.75, 3.05) is 20.2 Å². The average Bonchev–Trinajstić information content (AvgIpc) is 3.19. The summed E-state index contributed by atoms with van der Waals surface area (Å²) in [4.78, 5) is 17.2. The van der Waals surface area contributed by atoms with Gasteiger partial charge in [0.2, 0.25) is 0 Å². The maximum Gasteiger partial charge on any atom is 0.411 e. The lowest BCUT2D eigenvalue weighted by atomic mass is 9.98. The number of para-hydroxylation sites is 2. The van der Waals surface area contributed by atoms with Gasteiger partial charge in [-0.15, -0.1) is 0 Å². The van der Waals surface area contributed by atoms with Crippen molar-refractivity contribution in [3.8, 4) is 17.2 Å². The number of benzene rings is 3. The SMILES string of the molecule is COc1ccccc1Oc1cccc(CN2CCC(N3C(=O)OC(c4ccccc4)C3C)CC2)c1. The number of hydrogen-bond donors (Lipinski definition) is 0. The Morgan fingerprint density at radius 2 is 1.63 bits per heavy atom.